The van der Waals surface area contributed by atoms with Gasteiger partial charge in [0, 0.05) is 0 Å². The molecule has 4 heteroatoms. The largest absolute Gasteiger partial charge is 0.444 e. The van der Waals surface area contributed by atoms with E-state index in [9.17, 15) is 0 Å². The second-order valence-corrected chi connectivity index (χ2v) is 16.4. The van der Waals surface area contributed by atoms with Crippen molar-refractivity contribution in [2.75, 3.05) is 0 Å². The molecule has 0 N–H and O–H groups in total. The van der Waals surface area contributed by atoms with Crippen molar-refractivity contribution in [1.82, 2.24) is 0 Å². The van der Waals surface area contributed by atoms with Crippen LogP contribution in [-0.4, -0.2) is 15.9 Å². The lowest BCUT2D eigenvalue weighted by atomic mass is 10.3. The zero-order chi connectivity index (χ0) is 14.4. The zero-order valence-corrected chi connectivity index (χ0v) is 16.2. The summed E-state index contributed by atoms with van der Waals surface area (Å²) < 4.78 is 6.74. The number of rotatable bonds is 9. The second kappa shape index (κ2) is 8.08. The van der Waals surface area contributed by atoms with Crippen LogP contribution in [0, 0.1) is 11.8 Å². The molecule has 0 rings (SSSR count). The topological polar surface area (TPSA) is 9.23 Å². The van der Waals surface area contributed by atoms with Crippen LogP contribution in [0.5, 0.6) is 0 Å². The molecule has 0 aliphatic heterocycles. The smallest absolute Gasteiger partial charge is 0.280 e. The highest BCUT2D eigenvalue weighted by atomic mass is 35.6. The van der Waals surface area contributed by atoms with Crippen molar-refractivity contribution < 1.29 is 4.12 Å². The Labute approximate surface area is 122 Å². The Morgan fingerprint density at radius 3 is 1.39 bits per heavy atom. The van der Waals surface area contributed by atoms with E-state index < -0.39 is 15.9 Å². The van der Waals surface area contributed by atoms with E-state index in [1.54, 1.807) is 0 Å². The van der Waals surface area contributed by atoms with Gasteiger partial charge in [0.2, 0.25) is 0 Å². The summed E-state index contributed by atoms with van der Waals surface area (Å²) in [5, 5.41) is 0. The molecule has 0 atom stereocenters. The lowest BCUT2D eigenvalue weighted by molar-refractivity contribution is 0.498. The molecule has 0 aromatic rings. The SMILES string of the molecule is CC[Si](CC)(CC)O[Si](Cl)(CC(C)C)CC(C)C. The quantitative estimate of drug-likeness (QED) is 0.375. The molecule has 0 aliphatic carbocycles. The molecule has 0 aromatic carbocycles. The normalized spacial score (nSPS) is 13.7. The molecule has 1 nitrogen and oxygen atoms in total. The van der Waals surface area contributed by atoms with Crippen molar-refractivity contribution in [1.29, 1.82) is 0 Å². The molecular weight excluding hydrogens is 276 g/mol. The summed E-state index contributed by atoms with van der Waals surface area (Å²) in [5.41, 5.74) is 0. The fraction of sp³-hybridized carbons (Fsp3) is 1.00. The molecule has 0 bridgehead atoms. The van der Waals surface area contributed by atoms with Gasteiger partial charge in [-0.25, -0.2) is 0 Å². The molecule has 0 aliphatic rings. The maximum absolute atomic E-state index is 7.00. The summed E-state index contributed by atoms with van der Waals surface area (Å²) in [7, 11) is -3.60. The first-order chi connectivity index (χ1) is 8.22. The Hall–Kier alpha value is 0.684. The Kier molecular flexibility index (Phi) is 8.39. The van der Waals surface area contributed by atoms with Gasteiger partial charge < -0.3 is 4.12 Å². The molecule has 110 valence electrons. The Morgan fingerprint density at radius 2 is 1.17 bits per heavy atom. The van der Waals surface area contributed by atoms with E-state index in [1.807, 2.05) is 0 Å². The number of hydrogen-bond donors (Lipinski definition) is 0. The summed E-state index contributed by atoms with van der Waals surface area (Å²) in [5.74, 6) is 1.29. The average molecular weight is 309 g/mol. The summed E-state index contributed by atoms with van der Waals surface area (Å²) >= 11 is 7.00. The third kappa shape index (κ3) is 6.22. The third-order valence-electron chi connectivity index (χ3n) is 3.76. The van der Waals surface area contributed by atoms with Gasteiger partial charge in [-0.2, -0.15) is 0 Å². The minimum Gasteiger partial charge on any atom is -0.444 e. The van der Waals surface area contributed by atoms with E-state index in [0.717, 1.165) is 12.1 Å². The Balaban J connectivity index is 4.96. The van der Waals surface area contributed by atoms with Gasteiger partial charge in [0.15, 0.2) is 8.32 Å². The van der Waals surface area contributed by atoms with Crippen LogP contribution in [0.3, 0.4) is 0 Å². The van der Waals surface area contributed by atoms with Gasteiger partial charge in [-0.1, -0.05) is 48.5 Å². The lowest BCUT2D eigenvalue weighted by Gasteiger charge is -2.39. The molecular formula is C14H33ClOSi2. The van der Waals surface area contributed by atoms with Gasteiger partial charge in [0.05, 0.1) is 0 Å². The van der Waals surface area contributed by atoms with Crippen LogP contribution in [-0.2, 0) is 4.12 Å². The monoisotopic (exact) mass is 308 g/mol. The molecule has 0 unspecified atom stereocenters. The zero-order valence-electron chi connectivity index (χ0n) is 13.5. The molecule has 0 heterocycles. The van der Waals surface area contributed by atoms with E-state index in [4.69, 9.17) is 15.2 Å². The fourth-order valence-electron chi connectivity index (χ4n) is 2.74. The molecule has 0 saturated carbocycles. The van der Waals surface area contributed by atoms with Crippen LogP contribution >= 0.6 is 11.1 Å². The third-order valence-corrected chi connectivity index (χ3v) is 15.3. The Bertz CT molecular complexity index is 210. The minimum absolute atomic E-state index is 0.644. The lowest BCUT2D eigenvalue weighted by Crippen LogP contribution is -2.48. The standard InChI is InChI=1S/C14H33ClOSi2/c1-8-17(9-2,10-3)16-18(15,11-13(4)5)12-14(6)7/h13-14H,8-12H2,1-7H3. The average Bonchev–Trinajstić information content (AvgIpc) is 2.23. The van der Waals surface area contributed by atoms with Crippen LogP contribution in [0.1, 0.15) is 48.5 Å². The van der Waals surface area contributed by atoms with Crippen molar-refractivity contribution in [3.8, 4) is 0 Å². The highest BCUT2D eigenvalue weighted by molar-refractivity contribution is 7.19. The second-order valence-electron chi connectivity index (χ2n) is 6.42. The van der Waals surface area contributed by atoms with E-state index in [0.29, 0.717) is 11.8 Å². The molecule has 0 radical (unpaired) electrons. The van der Waals surface area contributed by atoms with Crippen molar-refractivity contribution in [3.63, 3.8) is 0 Å². The van der Waals surface area contributed by atoms with Gasteiger partial charge in [-0.15, -0.1) is 11.1 Å². The highest BCUT2D eigenvalue weighted by Gasteiger charge is 2.42. The van der Waals surface area contributed by atoms with Gasteiger partial charge in [0.25, 0.3) is 7.63 Å². The molecule has 18 heavy (non-hydrogen) atoms. The van der Waals surface area contributed by atoms with E-state index in [-0.39, 0.29) is 0 Å². The van der Waals surface area contributed by atoms with E-state index in [2.05, 4.69) is 48.5 Å². The first kappa shape index (κ1) is 18.7. The summed E-state index contributed by atoms with van der Waals surface area (Å²) in [6.07, 6.45) is 0. The number of halogens is 1. The first-order valence-electron chi connectivity index (χ1n) is 7.61. The molecule has 0 aromatic heterocycles. The van der Waals surface area contributed by atoms with Gasteiger partial charge in [0.1, 0.15) is 0 Å². The van der Waals surface area contributed by atoms with Gasteiger partial charge >= 0.3 is 0 Å². The fourth-order valence-corrected chi connectivity index (χ4v) is 15.7. The van der Waals surface area contributed by atoms with Crippen LogP contribution in [0.4, 0.5) is 0 Å². The summed E-state index contributed by atoms with van der Waals surface area (Å²) in [6, 6.07) is 5.82. The maximum Gasteiger partial charge on any atom is 0.280 e. The number of hydrogen-bond acceptors (Lipinski definition) is 1. The maximum atomic E-state index is 7.00. The minimum atomic E-state index is -2.04. The van der Waals surface area contributed by atoms with Crippen molar-refractivity contribution >= 4 is 27.0 Å². The van der Waals surface area contributed by atoms with Gasteiger partial charge in [-0.3, -0.25) is 0 Å². The van der Waals surface area contributed by atoms with E-state index in [1.165, 1.54) is 18.1 Å². The highest BCUT2D eigenvalue weighted by Crippen LogP contribution is 2.36. The van der Waals surface area contributed by atoms with Crippen molar-refractivity contribution in [2.24, 2.45) is 11.8 Å². The van der Waals surface area contributed by atoms with E-state index >= 15 is 0 Å². The molecule has 0 amide bonds. The van der Waals surface area contributed by atoms with Crippen LogP contribution in [0.2, 0.25) is 30.2 Å². The summed E-state index contributed by atoms with van der Waals surface area (Å²) in [6.45, 7) is 15.9. The predicted octanol–water partition coefficient (Wildman–Crippen LogP) is 6.00. The predicted molar refractivity (Wildman–Crippen MR) is 89.2 cm³/mol. The van der Waals surface area contributed by atoms with Crippen LogP contribution < -0.4 is 0 Å². The van der Waals surface area contributed by atoms with Crippen LogP contribution in [0.15, 0.2) is 0 Å². The molecule has 0 spiro atoms. The van der Waals surface area contributed by atoms with Crippen LogP contribution in [0.25, 0.3) is 0 Å². The first-order valence-corrected chi connectivity index (χ1v) is 13.5. The Morgan fingerprint density at radius 1 is 0.833 bits per heavy atom. The molecule has 0 saturated heterocycles. The van der Waals surface area contributed by atoms with Crippen molar-refractivity contribution in [3.05, 3.63) is 0 Å². The van der Waals surface area contributed by atoms with Crippen molar-refractivity contribution in [2.45, 2.75) is 78.7 Å². The molecule has 0 fully saturated rings. The van der Waals surface area contributed by atoms with Gasteiger partial charge in [-0.05, 0) is 42.1 Å². The summed E-state index contributed by atoms with van der Waals surface area (Å²) in [4.78, 5) is 0.